The number of rotatable bonds is 6. The van der Waals surface area contributed by atoms with Crippen molar-refractivity contribution in [3.63, 3.8) is 0 Å². The lowest BCUT2D eigenvalue weighted by Crippen LogP contribution is -2.30. The van der Waals surface area contributed by atoms with Crippen LogP contribution in [0.15, 0.2) is 10.6 Å². The molecule has 18 heavy (non-hydrogen) atoms. The zero-order chi connectivity index (χ0) is 12.5. The molecule has 1 aromatic rings. The summed E-state index contributed by atoms with van der Waals surface area (Å²) in [6, 6.07) is 2.37. The Balaban J connectivity index is 1.62. The number of aromatic nitrogens is 1. The molecule has 6 nitrogen and oxygen atoms in total. The van der Waals surface area contributed by atoms with E-state index < -0.39 is 5.91 Å². The van der Waals surface area contributed by atoms with Gasteiger partial charge >= 0.3 is 0 Å². The van der Waals surface area contributed by atoms with E-state index >= 15 is 0 Å². The normalized spacial score (nSPS) is 19.2. The van der Waals surface area contributed by atoms with E-state index in [1.54, 1.807) is 6.07 Å². The van der Waals surface area contributed by atoms with Crippen molar-refractivity contribution in [2.45, 2.75) is 38.3 Å². The molecule has 1 heterocycles. The van der Waals surface area contributed by atoms with Crippen LogP contribution in [0.2, 0.25) is 0 Å². The third kappa shape index (κ3) is 2.70. The van der Waals surface area contributed by atoms with Crippen LogP contribution < -0.4 is 11.3 Å². The average molecular weight is 250 g/mol. The van der Waals surface area contributed by atoms with E-state index in [2.05, 4.69) is 15.5 Å². The van der Waals surface area contributed by atoms with E-state index in [9.17, 15) is 4.79 Å². The fourth-order valence-electron chi connectivity index (χ4n) is 2.18. The summed E-state index contributed by atoms with van der Waals surface area (Å²) in [7, 11) is 0. The molecular formula is C12H18N4O2. The summed E-state index contributed by atoms with van der Waals surface area (Å²) in [6.07, 6.45) is 5.24. The number of nitrogens with two attached hydrogens (primary N) is 1. The quantitative estimate of drug-likeness (QED) is 0.440. The summed E-state index contributed by atoms with van der Waals surface area (Å²) in [5.41, 5.74) is 2.30. The highest BCUT2D eigenvalue weighted by Crippen LogP contribution is 2.35. The molecule has 0 saturated heterocycles. The Hall–Kier alpha value is -1.40. The maximum absolute atomic E-state index is 11.3. The Bertz CT molecular complexity index is 437. The number of nitrogen functional groups attached to an aromatic ring is 1. The van der Waals surface area contributed by atoms with Crippen LogP contribution in [0.4, 0.5) is 0 Å². The van der Waals surface area contributed by atoms with Gasteiger partial charge in [0.1, 0.15) is 0 Å². The highest BCUT2D eigenvalue weighted by Gasteiger charge is 2.34. The topological polar surface area (TPSA) is 84.4 Å². The number of hydrogen-bond acceptors (Lipinski definition) is 5. The predicted molar refractivity (Wildman–Crippen MR) is 64.3 cm³/mol. The molecule has 1 amide bonds. The van der Waals surface area contributed by atoms with Crippen LogP contribution in [-0.4, -0.2) is 28.6 Å². The molecule has 0 bridgehead atoms. The van der Waals surface area contributed by atoms with Crippen molar-refractivity contribution in [2.75, 3.05) is 6.54 Å². The molecule has 6 heteroatoms. The predicted octanol–water partition coefficient (Wildman–Crippen LogP) is 0.652. The van der Waals surface area contributed by atoms with Gasteiger partial charge in [-0.1, -0.05) is 5.16 Å². The van der Waals surface area contributed by atoms with E-state index in [0.717, 1.165) is 24.8 Å². The monoisotopic (exact) mass is 250 g/mol. The molecule has 2 aliphatic rings. The Morgan fingerprint density at radius 1 is 1.50 bits per heavy atom. The first-order valence-electron chi connectivity index (χ1n) is 6.47. The molecule has 3 rings (SSSR count). The fraction of sp³-hybridized carbons (Fsp3) is 0.667. The van der Waals surface area contributed by atoms with Crippen molar-refractivity contribution in [2.24, 2.45) is 11.8 Å². The van der Waals surface area contributed by atoms with E-state index in [1.165, 1.54) is 25.7 Å². The summed E-state index contributed by atoms with van der Waals surface area (Å²) < 4.78 is 5.19. The van der Waals surface area contributed by atoms with Crippen LogP contribution in [-0.2, 0) is 6.54 Å². The first-order chi connectivity index (χ1) is 8.76. The minimum Gasteiger partial charge on any atom is -0.359 e. The molecule has 0 aliphatic heterocycles. The van der Waals surface area contributed by atoms with Crippen LogP contribution >= 0.6 is 0 Å². The second-order valence-corrected chi connectivity index (χ2v) is 5.26. The van der Waals surface area contributed by atoms with Gasteiger partial charge in [-0.3, -0.25) is 15.1 Å². The second-order valence-electron chi connectivity index (χ2n) is 5.26. The SMILES string of the molecule is NNC(=O)c1cc(CN(CC2CC2)C2CC2)on1. The molecule has 2 aliphatic carbocycles. The van der Waals surface area contributed by atoms with Crippen LogP contribution in [0, 0.1) is 5.92 Å². The lowest BCUT2D eigenvalue weighted by atomic mass is 10.3. The van der Waals surface area contributed by atoms with E-state index in [1.807, 2.05) is 0 Å². The number of hydrazine groups is 1. The van der Waals surface area contributed by atoms with Gasteiger partial charge in [0.15, 0.2) is 11.5 Å². The molecule has 1 aromatic heterocycles. The summed E-state index contributed by atoms with van der Waals surface area (Å²) in [6.45, 7) is 1.88. The molecule has 0 aromatic carbocycles. The lowest BCUT2D eigenvalue weighted by Gasteiger charge is -2.19. The van der Waals surface area contributed by atoms with E-state index in [4.69, 9.17) is 10.4 Å². The number of nitrogens with zero attached hydrogens (tertiary/aromatic N) is 2. The third-order valence-corrected chi connectivity index (χ3v) is 3.53. The van der Waals surface area contributed by atoms with Gasteiger partial charge in [0, 0.05) is 18.7 Å². The van der Waals surface area contributed by atoms with Gasteiger partial charge in [-0.2, -0.15) is 0 Å². The van der Waals surface area contributed by atoms with Crippen LogP contribution in [0.5, 0.6) is 0 Å². The average Bonchev–Trinajstić information content (AvgIpc) is 3.27. The van der Waals surface area contributed by atoms with Crippen molar-refractivity contribution in [1.29, 1.82) is 0 Å². The van der Waals surface area contributed by atoms with Gasteiger partial charge in [-0.15, -0.1) is 0 Å². The molecule has 0 atom stereocenters. The van der Waals surface area contributed by atoms with Gasteiger partial charge in [-0.25, -0.2) is 5.84 Å². The first kappa shape index (κ1) is 11.7. The largest absolute Gasteiger partial charge is 0.359 e. The Labute approximate surface area is 105 Å². The number of amides is 1. The van der Waals surface area contributed by atoms with Gasteiger partial charge in [0.2, 0.25) is 0 Å². The Kier molecular flexibility index (Phi) is 3.05. The molecule has 3 N–H and O–H groups in total. The standard InChI is InChI=1S/C12H18N4O2/c13-14-12(17)11-5-10(18-15-11)7-16(9-3-4-9)6-8-1-2-8/h5,8-9H,1-4,6-7,13H2,(H,14,17). The highest BCUT2D eigenvalue weighted by molar-refractivity contribution is 5.91. The number of carbonyl (C=O) groups excluding carboxylic acids is 1. The Morgan fingerprint density at radius 3 is 2.89 bits per heavy atom. The van der Waals surface area contributed by atoms with Crippen molar-refractivity contribution in [1.82, 2.24) is 15.5 Å². The van der Waals surface area contributed by atoms with Gasteiger partial charge < -0.3 is 4.52 Å². The van der Waals surface area contributed by atoms with E-state index in [0.29, 0.717) is 6.04 Å². The van der Waals surface area contributed by atoms with Crippen molar-refractivity contribution >= 4 is 5.91 Å². The minimum atomic E-state index is -0.412. The summed E-state index contributed by atoms with van der Waals surface area (Å²) >= 11 is 0. The third-order valence-electron chi connectivity index (χ3n) is 3.53. The summed E-state index contributed by atoms with van der Waals surface area (Å²) in [5.74, 6) is 6.24. The molecule has 2 saturated carbocycles. The molecular weight excluding hydrogens is 232 g/mol. The van der Waals surface area contributed by atoms with Crippen LogP contribution in [0.25, 0.3) is 0 Å². The summed E-state index contributed by atoms with van der Waals surface area (Å²) in [4.78, 5) is 13.7. The minimum absolute atomic E-state index is 0.245. The molecule has 0 unspecified atom stereocenters. The first-order valence-corrected chi connectivity index (χ1v) is 6.47. The smallest absolute Gasteiger partial charge is 0.287 e. The van der Waals surface area contributed by atoms with Gasteiger partial charge in [0.25, 0.3) is 5.91 Å². The fourth-order valence-corrected chi connectivity index (χ4v) is 2.18. The van der Waals surface area contributed by atoms with E-state index in [-0.39, 0.29) is 5.69 Å². The second kappa shape index (κ2) is 4.70. The molecule has 98 valence electrons. The maximum atomic E-state index is 11.3. The molecule has 0 radical (unpaired) electrons. The van der Waals surface area contributed by atoms with Crippen LogP contribution in [0.3, 0.4) is 0 Å². The maximum Gasteiger partial charge on any atom is 0.287 e. The van der Waals surface area contributed by atoms with Crippen molar-refractivity contribution in [3.05, 3.63) is 17.5 Å². The van der Waals surface area contributed by atoms with Crippen molar-refractivity contribution < 1.29 is 9.32 Å². The number of carbonyl (C=O) groups is 1. The van der Waals surface area contributed by atoms with Gasteiger partial charge in [0.05, 0.1) is 6.54 Å². The Morgan fingerprint density at radius 2 is 2.28 bits per heavy atom. The summed E-state index contributed by atoms with van der Waals surface area (Å²) in [5, 5.41) is 3.72. The molecule has 2 fully saturated rings. The lowest BCUT2D eigenvalue weighted by molar-refractivity contribution is 0.0944. The number of nitrogens with one attached hydrogen (secondary N) is 1. The zero-order valence-electron chi connectivity index (χ0n) is 10.3. The van der Waals surface area contributed by atoms with Gasteiger partial charge in [-0.05, 0) is 31.6 Å². The molecule has 0 spiro atoms. The van der Waals surface area contributed by atoms with Crippen molar-refractivity contribution in [3.8, 4) is 0 Å². The zero-order valence-corrected chi connectivity index (χ0v) is 10.3. The van der Waals surface area contributed by atoms with Crippen LogP contribution in [0.1, 0.15) is 41.9 Å². The highest BCUT2D eigenvalue weighted by atomic mass is 16.5. The number of hydrogen-bond donors (Lipinski definition) is 2.